The molecule has 7 fully saturated rings. The maximum Gasteiger partial charge on any atom is 0.397 e. The number of nitrogens with zero attached hydrogens (tertiary/aromatic N) is 8. The Kier molecular flexibility index (Phi) is 27.2. The predicted octanol–water partition coefficient (Wildman–Crippen LogP) is 6.00. The summed E-state index contributed by atoms with van der Waals surface area (Å²) in [5, 5.41) is 8.65. The molecule has 99 heavy (non-hydrogen) atoms. The standard InChI is InChI=1S/C71H110F5N11O12/c1-10-43(4)60-67(96)81(6)42-58(90)83(8)53-28-17-14-20-33-86(66(53)95)55(37-44-23-15-13-16-24-44)65(94)80(5)41-56(88)77-51(30-29-45-35-49(72)59(50(73)36-45)71(74,75)76)64(93)87-40-48(99-12-3)39-54(87)63(92)79-70(31-22-32-70)69(98)84(9)61(46-25-18-19-26-46)68(97)85-34-21-27-47(85)38-57(89)82(7)52(11-2)62(91)78-60/h14,17,43-55,59-61H,10-13,15-16,18-42H2,1-9H3,(H,77,88)(H,78,91)(H,79,92)/b17-14-/t43-,45?,47+,48+,49?,50?,51-,52-,53-,54-,55-,59?,60-,61-/m0/s1. The van der Waals surface area contributed by atoms with Crippen LogP contribution in [0.3, 0.4) is 0 Å². The lowest BCUT2D eigenvalue weighted by molar-refractivity contribution is -0.219. The molecule has 4 heterocycles. The molecule has 4 aliphatic heterocycles. The number of hydrogen-bond donors (Lipinski definition) is 3. The van der Waals surface area contributed by atoms with Gasteiger partial charge < -0.3 is 59.9 Å². The zero-order chi connectivity index (χ0) is 72.4. The van der Waals surface area contributed by atoms with E-state index in [0.29, 0.717) is 44.9 Å². The molecule has 3 saturated heterocycles. The maximum absolute atomic E-state index is 15.4. The molecule has 8 aliphatic rings. The summed E-state index contributed by atoms with van der Waals surface area (Å²) < 4.78 is 78.6. The van der Waals surface area contributed by atoms with Crippen LogP contribution >= 0.6 is 0 Å². The zero-order valence-corrected chi connectivity index (χ0v) is 59.7. The SMILES string of the molecule is CCO[C@@H]1C[C@H]2C(=O)NC3(CCC3)C(=O)N(C)[C@@H](C3CCCC3)C(=O)N3CCC[C@@H]3CC(=O)N(C)[C@@H](CC)C(=O)N[C@@H]([C@@H](C)CC)C(=O)N(C)CC(=O)N(C)[C@H]3C/C=C\CCN(C3=O)[C@@H](CC3CCCCC3)C(=O)N(C)CC(=O)N[C@@H](CCC3CC(F)C(C(F)(F)F)C(F)C3)C(=O)N2C1. The van der Waals surface area contributed by atoms with Crippen LogP contribution in [0.1, 0.15) is 188 Å². The Morgan fingerprint density at radius 1 is 0.616 bits per heavy atom. The van der Waals surface area contributed by atoms with Gasteiger partial charge in [0.25, 0.3) is 0 Å². The van der Waals surface area contributed by atoms with E-state index in [1.807, 2.05) is 13.0 Å². The van der Waals surface area contributed by atoms with Crippen LogP contribution in [0.4, 0.5) is 22.0 Å². The Morgan fingerprint density at radius 3 is 1.89 bits per heavy atom. The summed E-state index contributed by atoms with van der Waals surface area (Å²) in [4.78, 5) is 175. The molecule has 4 aliphatic carbocycles. The molecule has 0 aromatic rings. The molecular weight excluding hydrogens is 1290 g/mol. The molecule has 8 rings (SSSR count). The molecule has 4 saturated carbocycles. The van der Waals surface area contributed by atoms with Crippen molar-refractivity contribution >= 4 is 65.0 Å². The minimum absolute atomic E-state index is 0.0132. The molecule has 3 N–H and O–H groups in total. The number of nitrogens with one attached hydrogen (secondary N) is 3. The van der Waals surface area contributed by atoms with Gasteiger partial charge in [0.05, 0.1) is 19.2 Å². The lowest BCUT2D eigenvalue weighted by Crippen LogP contribution is -2.68. The second-order valence-electron chi connectivity index (χ2n) is 29.8. The highest BCUT2D eigenvalue weighted by Gasteiger charge is 2.56. The highest BCUT2D eigenvalue weighted by atomic mass is 19.4. The average Bonchev–Trinajstić information content (AvgIpc) is 1.55. The third kappa shape index (κ3) is 18.4. The highest BCUT2D eigenvalue weighted by molar-refractivity contribution is 6.00. The van der Waals surface area contributed by atoms with Gasteiger partial charge in [0.15, 0.2) is 0 Å². The van der Waals surface area contributed by atoms with Crippen LogP contribution in [-0.4, -0.2) is 257 Å². The van der Waals surface area contributed by atoms with Gasteiger partial charge in [-0.15, -0.1) is 0 Å². The summed E-state index contributed by atoms with van der Waals surface area (Å²) in [6.45, 7) is 6.19. The maximum atomic E-state index is 15.4. The fourth-order valence-electron chi connectivity index (χ4n) is 16.9. The summed E-state index contributed by atoms with van der Waals surface area (Å²) in [6, 6.07) is -9.04. The largest absolute Gasteiger partial charge is 0.397 e. The molecule has 28 heteroatoms. The lowest BCUT2D eigenvalue weighted by atomic mass is 9.74. The van der Waals surface area contributed by atoms with Crippen molar-refractivity contribution in [1.29, 1.82) is 0 Å². The summed E-state index contributed by atoms with van der Waals surface area (Å²) >= 11 is 0. The molecule has 12 atom stereocenters. The monoisotopic (exact) mass is 1400 g/mol. The lowest BCUT2D eigenvalue weighted by Gasteiger charge is -2.46. The van der Waals surface area contributed by atoms with E-state index in [-0.39, 0.29) is 102 Å². The van der Waals surface area contributed by atoms with Crippen molar-refractivity contribution in [3.63, 3.8) is 0 Å². The number of rotatable bonds is 11. The van der Waals surface area contributed by atoms with Crippen LogP contribution in [0.15, 0.2) is 12.2 Å². The van der Waals surface area contributed by atoms with Crippen molar-refractivity contribution in [2.45, 2.75) is 267 Å². The van der Waals surface area contributed by atoms with E-state index in [1.54, 1.807) is 38.8 Å². The number of carbonyl (C=O) groups excluding carboxylic acids is 11. The van der Waals surface area contributed by atoms with Crippen molar-refractivity contribution in [3.8, 4) is 0 Å². The number of amides is 11. The van der Waals surface area contributed by atoms with Crippen molar-refractivity contribution < 1.29 is 79.4 Å². The van der Waals surface area contributed by atoms with E-state index in [0.717, 1.165) is 49.8 Å². The van der Waals surface area contributed by atoms with E-state index in [1.165, 1.54) is 57.6 Å². The van der Waals surface area contributed by atoms with Crippen LogP contribution in [0.5, 0.6) is 0 Å². The fourth-order valence-corrected chi connectivity index (χ4v) is 16.9. The first kappa shape index (κ1) is 78.2. The number of carbonyl (C=O) groups is 11. The molecule has 0 aromatic heterocycles. The van der Waals surface area contributed by atoms with E-state index in [9.17, 15) is 37.1 Å². The number of halogens is 5. The number of alkyl halides is 5. The van der Waals surface area contributed by atoms with Gasteiger partial charge in [0, 0.05) is 80.4 Å². The molecule has 2 unspecified atom stereocenters. The molecule has 0 radical (unpaired) electrons. The third-order valence-corrected chi connectivity index (χ3v) is 23.2. The van der Waals surface area contributed by atoms with Crippen LogP contribution in [0.2, 0.25) is 0 Å². The molecule has 23 nitrogen and oxygen atoms in total. The molecular formula is C71H110F5N11O12. The Labute approximate surface area is 580 Å². The number of hydrogen-bond acceptors (Lipinski definition) is 12. The average molecular weight is 1400 g/mol. The van der Waals surface area contributed by atoms with Crippen molar-refractivity contribution in [3.05, 3.63) is 12.2 Å². The molecule has 11 amide bonds. The second kappa shape index (κ2) is 34.5. The smallest absolute Gasteiger partial charge is 0.377 e. The van der Waals surface area contributed by atoms with Gasteiger partial charge in [0.1, 0.15) is 66.1 Å². The van der Waals surface area contributed by atoms with Crippen molar-refractivity contribution in [1.82, 2.24) is 55.1 Å². The van der Waals surface area contributed by atoms with Crippen LogP contribution in [-0.2, 0) is 57.5 Å². The van der Waals surface area contributed by atoms with Gasteiger partial charge in [-0.05, 0) is 127 Å². The molecule has 556 valence electrons. The molecule has 0 aromatic carbocycles. The van der Waals surface area contributed by atoms with Gasteiger partial charge in [-0.2, -0.15) is 13.2 Å². The van der Waals surface area contributed by atoms with Crippen LogP contribution < -0.4 is 16.0 Å². The van der Waals surface area contributed by atoms with Crippen LogP contribution in [0, 0.1) is 29.6 Å². The van der Waals surface area contributed by atoms with E-state index in [4.69, 9.17) is 4.74 Å². The second-order valence-corrected chi connectivity index (χ2v) is 29.8. The number of ether oxygens (including phenoxy) is 1. The Balaban J connectivity index is 1.16. The van der Waals surface area contributed by atoms with Gasteiger partial charge >= 0.3 is 6.18 Å². The Bertz CT molecular complexity index is 2920. The first-order valence-corrected chi connectivity index (χ1v) is 36.7. The van der Waals surface area contributed by atoms with Crippen LogP contribution in [0.25, 0.3) is 0 Å². The van der Waals surface area contributed by atoms with Crippen molar-refractivity contribution in [2.24, 2.45) is 29.6 Å². The number of fused-ring (bicyclic) bond motifs is 4. The third-order valence-electron chi connectivity index (χ3n) is 23.2. The molecule has 2 bridgehead atoms. The first-order valence-electron chi connectivity index (χ1n) is 36.7. The first-order chi connectivity index (χ1) is 46.9. The van der Waals surface area contributed by atoms with E-state index < -0.39 is 181 Å². The van der Waals surface area contributed by atoms with Gasteiger partial charge in [-0.25, -0.2) is 8.78 Å². The Hall–Kier alpha value is -6.48. The minimum Gasteiger partial charge on any atom is -0.377 e. The highest BCUT2D eigenvalue weighted by Crippen LogP contribution is 2.45. The van der Waals surface area contributed by atoms with E-state index in [2.05, 4.69) is 16.0 Å². The van der Waals surface area contributed by atoms with Gasteiger partial charge in [-0.1, -0.05) is 84.3 Å². The topological polar surface area (TPSA) is 259 Å². The molecule has 1 spiro atoms. The predicted molar refractivity (Wildman–Crippen MR) is 356 cm³/mol. The summed E-state index contributed by atoms with van der Waals surface area (Å²) in [5.74, 6) is -11.4. The Morgan fingerprint density at radius 2 is 1.27 bits per heavy atom. The quantitative estimate of drug-likeness (QED) is 0.159. The zero-order valence-electron chi connectivity index (χ0n) is 59.7. The fraction of sp³-hybridized carbons (Fsp3) is 0.817. The summed E-state index contributed by atoms with van der Waals surface area (Å²) in [5.41, 5.74) is -1.53. The van der Waals surface area contributed by atoms with Crippen molar-refractivity contribution in [2.75, 3.05) is 74.6 Å². The van der Waals surface area contributed by atoms with Gasteiger partial charge in [-0.3, -0.25) is 52.7 Å². The number of likely N-dealkylation sites (N-methyl/N-ethyl adjacent to an activating group) is 5. The van der Waals surface area contributed by atoms with E-state index >= 15 is 37.5 Å². The summed E-state index contributed by atoms with van der Waals surface area (Å²) in [7, 11) is 7.28. The summed E-state index contributed by atoms with van der Waals surface area (Å²) in [6.07, 6.45) is 0.545. The minimum atomic E-state index is -5.15. The van der Waals surface area contributed by atoms with Gasteiger partial charge in [0.2, 0.25) is 65.0 Å². The normalized spacial score (nSPS) is 32.9.